The van der Waals surface area contributed by atoms with Gasteiger partial charge in [0.25, 0.3) is 0 Å². The Balaban J connectivity index is 1.70. The molecule has 0 atom stereocenters. The Hall–Kier alpha value is -1.31. The minimum Gasteiger partial charge on any atom is -0.360 e. The summed E-state index contributed by atoms with van der Waals surface area (Å²) in [6.45, 7) is 5.63. The molecule has 1 aliphatic rings. The summed E-state index contributed by atoms with van der Waals surface area (Å²) in [5, 5.41) is 7.37. The molecule has 0 bridgehead atoms. The van der Waals surface area contributed by atoms with E-state index in [1.165, 1.54) is 0 Å². The van der Waals surface area contributed by atoms with Crippen LogP contribution in [0.25, 0.3) is 0 Å². The maximum absolute atomic E-state index is 5.30. The highest BCUT2D eigenvalue weighted by molar-refractivity contribution is 5.02. The Labute approximate surface area is 102 Å². The van der Waals surface area contributed by atoms with Crippen LogP contribution in [0.1, 0.15) is 24.3 Å². The first-order valence-electron chi connectivity index (χ1n) is 6.09. The summed E-state index contributed by atoms with van der Waals surface area (Å²) in [5.74, 6) is 3.61. The number of aromatic nitrogens is 1. The van der Waals surface area contributed by atoms with Gasteiger partial charge in [0, 0.05) is 25.2 Å². The van der Waals surface area contributed by atoms with Crippen molar-refractivity contribution in [1.82, 2.24) is 15.4 Å². The molecule has 0 saturated carbocycles. The van der Waals surface area contributed by atoms with Crippen LogP contribution in [0.5, 0.6) is 0 Å². The van der Waals surface area contributed by atoms with Crippen molar-refractivity contribution < 1.29 is 4.52 Å². The number of rotatable bonds is 4. The molecule has 1 aliphatic heterocycles. The molecule has 0 amide bonds. The van der Waals surface area contributed by atoms with Crippen molar-refractivity contribution in [3.05, 3.63) is 17.5 Å². The van der Waals surface area contributed by atoms with Crippen LogP contribution in [0.4, 0.5) is 0 Å². The van der Waals surface area contributed by atoms with Gasteiger partial charge in [0.05, 0.1) is 18.8 Å². The molecule has 1 saturated heterocycles. The van der Waals surface area contributed by atoms with Gasteiger partial charge in [-0.05, 0) is 19.8 Å². The molecule has 0 radical (unpaired) electrons. The highest BCUT2D eigenvalue weighted by atomic mass is 16.5. The summed E-state index contributed by atoms with van der Waals surface area (Å²) in [6.07, 6.45) is 7.60. The van der Waals surface area contributed by atoms with Gasteiger partial charge in [0.2, 0.25) is 0 Å². The first-order chi connectivity index (χ1) is 8.28. The number of likely N-dealkylation sites (tertiary alicyclic amines) is 1. The van der Waals surface area contributed by atoms with Crippen molar-refractivity contribution >= 4 is 0 Å². The van der Waals surface area contributed by atoms with Crippen LogP contribution >= 0.6 is 0 Å². The number of nitrogens with one attached hydrogen (secondary N) is 1. The molecule has 1 aromatic rings. The van der Waals surface area contributed by atoms with E-state index >= 15 is 0 Å². The van der Waals surface area contributed by atoms with Crippen LogP contribution in [0, 0.1) is 19.3 Å². The van der Waals surface area contributed by atoms with Crippen LogP contribution in [0.2, 0.25) is 0 Å². The topological polar surface area (TPSA) is 41.3 Å². The zero-order chi connectivity index (χ0) is 12.1. The molecule has 0 aliphatic carbocycles. The summed E-state index contributed by atoms with van der Waals surface area (Å²) in [7, 11) is 0. The Morgan fingerprint density at radius 3 is 2.94 bits per heavy atom. The Kier molecular flexibility index (Phi) is 4.18. The van der Waals surface area contributed by atoms with Crippen molar-refractivity contribution in [2.75, 3.05) is 19.6 Å². The van der Waals surface area contributed by atoms with Gasteiger partial charge in [0.1, 0.15) is 0 Å². The van der Waals surface area contributed by atoms with E-state index in [-0.39, 0.29) is 0 Å². The fourth-order valence-electron chi connectivity index (χ4n) is 2.17. The van der Waals surface area contributed by atoms with Crippen molar-refractivity contribution in [3.63, 3.8) is 0 Å². The number of terminal acetylenes is 1. The van der Waals surface area contributed by atoms with Gasteiger partial charge in [-0.3, -0.25) is 4.90 Å². The van der Waals surface area contributed by atoms with Gasteiger partial charge in [-0.25, -0.2) is 0 Å². The predicted octanol–water partition coefficient (Wildman–Crippen LogP) is 1.17. The van der Waals surface area contributed by atoms with Gasteiger partial charge < -0.3 is 9.84 Å². The summed E-state index contributed by atoms with van der Waals surface area (Å²) in [4.78, 5) is 2.32. The largest absolute Gasteiger partial charge is 0.360 e. The van der Waals surface area contributed by atoms with E-state index < -0.39 is 0 Å². The minimum atomic E-state index is 0.564. The lowest BCUT2D eigenvalue weighted by molar-refractivity contribution is 0.214. The highest BCUT2D eigenvalue weighted by Gasteiger charge is 2.18. The molecule has 4 nitrogen and oxygen atoms in total. The second kappa shape index (κ2) is 5.85. The van der Waals surface area contributed by atoms with E-state index in [1.54, 1.807) is 0 Å². The fraction of sp³-hybridized carbons (Fsp3) is 0.615. The highest BCUT2D eigenvalue weighted by Crippen LogP contribution is 2.11. The quantitative estimate of drug-likeness (QED) is 0.793. The maximum Gasteiger partial charge on any atom is 0.150 e. The van der Waals surface area contributed by atoms with Crippen molar-refractivity contribution in [1.29, 1.82) is 0 Å². The zero-order valence-electron chi connectivity index (χ0n) is 10.3. The monoisotopic (exact) mass is 233 g/mol. The van der Waals surface area contributed by atoms with Crippen LogP contribution in [-0.2, 0) is 6.54 Å². The molecule has 2 rings (SSSR count). The zero-order valence-corrected chi connectivity index (χ0v) is 10.3. The number of nitrogens with zero attached hydrogens (tertiary/aromatic N) is 2. The van der Waals surface area contributed by atoms with Gasteiger partial charge >= 0.3 is 0 Å². The minimum absolute atomic E-state index is 0.564. The predicted molar refractivity (Wildman–Crippen MR) is 66.4 cm³/mol. The lowest BCUT2D eigenvalue weighted by atomic mass is 10.1. The number of hydrogen-bond donors (Lipinski definition) is 1. The Bertz CT molecular complexity index is 386. The van der Waals surface area contributed by atoms with E-state index in [4.69, 9.17) is 10.9 Å². The Morgan fingerprint density at radius 2 is 2.35 bits per heavy atom. The standard InChI is InChI=1S/C13H19N3O/c1-3-6-16-7-4-12(5-8-16)14-10-13-9-11(2)15-17-13/h1,9,12,14H,4-8,10H2,2H3. The molecule has 0 spiro atoms. The molecule has 0 unspecified atom stereocenters. The Morgan fingerprint density at radius 1 is 1.59 bits per heavy atom. The van der Waals surface area contributed by atoms with E-state index in [1.807, 2.05) is 13.0 Å². The molecule has 17 heavy (non-hydrogen) atoms. The second-order valence-electron chi connectivity index (χ2n) is 4.57. The summed E-state index contributed by atoms with van der Waals surface area (Å²) >= 11 is 0. The first kappa shape index (κ1) is 12.2. The van der Waals surface area contributed by atoms with E-state index in [0.717, 1.165) is 50.5 Å². The number of piperidine rings is 1. The van der Waals surface area contributed by atoms with Crippen molar-refractivity contribution in [2.45, 2.75) is 32.4 Å². The smallest absolute Gasteiger partial charge is 0.150 e. The van der Waals surface area contributed by atoms with E-state index in [9.17, 15) is 0 Å². The number of hydrogen-bond acceptors (Lipinski definition) is 4. The van der Waals surface area contributed by atoms with Crippen LogP contribution in [0.3, 0.4) is 0 Å². The molecule has 0 aromatic carbocycles. The lowest BCUT2D eigenvalue weighted by Gasteiger charge is -2.30. The molecular weight excluding hydrogens is 214 g/mol. The van der Waals surface area contributed by atoms with Gasteiger partial charge in [-0.15, -0.1) is 6.42 Å². The molecule has 1 aromatic heterocycles. The normalized spacial score (nSPS) is 18.1. The first-order valence-corrected chi connectivity index (χ1v) is 6.09. The molecule has 1 N–H and O–H groups in total. The molecule has 1 fully saturated rings. The van der Waals surface area contributed by atoms with Crippen molar-refractivity contribution in [3.8, 4) is 12.3 Å². The summed E-state index contributed by atoms with van der Waals surface area (Å²) in [5.41, 5.74) is 0.936. The third-order valence-electron chi connectivity index (χ3n) is 3.14. The molecule has 92 valence electrons. The third kappa shape index (κ3) is 3.58. The van der Waals surface area contributed by atoms with E-state index in [2.05, 4.69) is 21.3 Å². The molecular formula is C13H19N3O. The number of aryl methyl sites for hydroxylation is 1. The molecule has 4 heteroatoms. The maximum atomic E-state index is 5.30. The third-order valence-corrected chi connectivity index (χ3v) is 3.14. The van der Waals surface area contributed by atoms with Gasteiger partial charge in [0.15, 0.2) is 5.76 Å². The summed E-state index contributed by atoms with van der Waals surface area (Å²) < 4.78 is 5.17. The van der Waals surface area contributed by atoms with Gasteiger partial charge in [-0.2, -0.15) is 0 Å². The second-order valence-corrected chi connectivity index (χ2v) is 4.57. The van der Waals surface area contributed by atoms with E-state index in [0.29, 0.717) is 6.04 Å². The van der Waals surface area contributed by atoms with Crippen LogP contribution < -0.4 is 5.32 Å². The van der Waals surface area contributed by atoms with Gasteiger partial charge in [-0.1, -0.05) is 11.1 Å². The fourth-order valence-corrected chi connectivity index (χ4v) is 2.17. The average Bonchev–Trinajstić information content (AvgIpc) is 2.75. The average molecular weight is 233 g/mol. The van der Waals surface area contributed by atoms with Crippen LogP contribution in [-0.4, -0.2) is 35.7 Å². The molecule has 2 heterocycles. The lowest BCUT2D eigenvalue weighted by Crippen LogP contribution is -2.42. The SMILES string of the molecule is C#CCN1CCC(NCc2cc(C)no2)CC1. The van der Waals surface area contributed by atoms with Crippen LogP contribution in [0.15, 0.2) is 10.6 Å². The summed E-state index contributed by atoms with van der Waals surface area (Å²) in [6, 6.07) is 2.54. The van der Waals surface area contributed by atoms with Crippen molar-refractivity contribution in [2.24, 2.45) is 0 Å².